The van der Waals surface area contributed by atoms with Gasteiger partial charge in [0, 0.05) is 13.8 Å². The van der Waals surface area contributed by atoms with Crippen LogP contribution >= 0.6 is 0 Å². The fourth-order valence-electron chi connectivity index (χ4n) is 2.36. The van der Waals surface area contributed by atoms with Gasteiger partial charge < -0.3 is 14.6 Å². The lowest BCUT2D eigenvalue weighted by molar-refractivity contribution is -0.119. The van der Waals surface area contributed by atoms with Crippen LogP contribution in [0.3, 0.4) is 0 Å². The summed E-state index contributed by atoms with van der Waals surface area (Å²) in [5, 5.41) is 6.25. The van der Waals surface area contributed by atoms with Crippen molar-refractivity contribution in [3.05, 3.63) is 29.9 Å². The van der Waals surface area contributed by atoms with Crippen LogP contribution < -0.4 is 10.2 Å². The van der Waals surface area contributed by atoms with E-state index in [2.05, 4.69) is 15.5 Å². The topological polar surface area (TPSA) is 97.6 Å². The van der Waals surface area contributed by atoms with Gasteiger partial charge in [-0.3, -0.25) is 9.69 Å². The zero-order valence-corrected chi connectivity index (χ0v) is 13.1. The highest BCUT2D eigenvalue weighted by Crippen LogP contribution is 2.27. The highest BCUT2D eigenvalue weighted by atomic mass is 19.1. The van der Waals surface area contributed by atoms with E-state index < -0.39 is 18.0 Å². The minimum Gasteiger partial charge on any atom is -0.442 e. The summed E-state index contributed by atoms with van der Waals surface area (Å²) in [4.78, 5) is 28.1. The maximum absolute atomic E-state index is 14.3. The van der Waals surface area contributed by atoms with E-state index >= 15 is 0 Å². The maximum atomic E-state index is 14.3. The molecular weight excluding hydrogens is 319 g/mol. The molecule has 2 heterocycles. The van der Waals surface area contributed by atoms with Crippen molar-refractivity contribution in [1.29, 1.82) is 0 Å². The van der Waals surface area contributed by atoms with E-state index in [4.69, 9.17) is 9.26 Å². The number of benzene rings is 1. The Bertz CT molecular complexity index is 792. The van der Waals surface area contributed by atoms with Crippen LogP contribution in [0, 0.1) is 12.7 Å². The van der Waals surface area contributed by atoms with Crippen LogP contribution in [0.25, 0.3) is 11.4 Å². The van der Waals surface area contributed by atoms with Crippen molar-refractivity contribution in [3.8, 4) is 11.4 Å². The molecule has 1 aromatic carbocycles. The van der Waals surface area contributed by atoms with Gasteiger partial charge in [-0.2, -0.15) is 4.98 Å². The van der Waals surface area contributed by atoms with Gasteiger partial charge in [-0.15, -0.1) is 0 Å². The molecule has 1 fully saturated rings. The van der Waals surface area contributed by atoms with Crippen molar-refractivity contribution < 1.29 is 23.2 Å². The summed E-state index contributed by atoms with van der Waals surface area (Å²) in [5.41, 5.74) is 0.532. The number of anilines is 1. The maximum Gasteiger partial charge on any atom is 0.414 e. The molecule has 0 bridgehead atoms. The Morgan fingerprint density at radius 1 is 1.50 bits per heavy atom. The van der Waals surface area contributed by atoms with Crippen LogP contribution in [0.1, 0.15) is 12.8 Å². The van der Waals surface area contributed by atoms with Crippen LogP contribution in [0.2, 0.25) is 0 Å². The number of nitrogens with zero attached hydrogens (tertiary/aromatic N) is 3. The summed E-state index contributed by atoms with van der Waals surface area (Å²) in [6, 6.07) is 4.26. The number of carbonyl (C=O) groups is 2. The molecule has 1 unspecified atom stereocenters. The molecular formula is C15H15FN4O4. The van der Waals surface area contributed by atoms with E-state index in [1.165, 1.54) is 24.0 Å². The van der Waals surface area contributed by atoms with E-state index in [1.54, 1.807) is 13.0 Å². The SMILES string of the molecule is CC(=O)NCC1CN(c2ccc(-c3noc(C)n3)c(F)c2)C(=O)O1. The third-order valence-corrected chi connectivity index (χ3v) is 3.49. The molecule has 8 nitrogen and oxygen atoms in total. The van der Waals surface area contributed by atoms with Gasteiger partial charge in [-0.25, -0.2) is 9.18 Å². The molecule has 9 heteroatoms. The number of aromatic nitrogens is 2. The Hall–Kier alpha value is -2.97. The van der Waals surface area contributed by atoms with Crippen LogP contribution in [-0.2, 0) is 9.53 Å². The zero-order chi connectivity index (χ0) is 17.3. The van der Waals surface area contributed by atoms with Crippen LogP contribution in [0.5, 0.6) is 0 Å². The lowest BCUT2D eigenvalue weighted by atomic mass is 10.1. The van der Waals surface area contributed by atoms with Crippen molar-refractivity contribution in [3.63, 3.8) is 0 Å². The lowest BCUT2D eigenvalue weighted by Gasteiger charge is -2.13. The molecule has 3 rings (SSSR count). The monoisotopic (exact) mass is 334 g/mol. The number of cyclic esters (lactones) is 1. The first-order valence-corrected chi connectivity index (χ1v) is 7.27. The van der Waals surface area contributed by atoms with E-state index in [0.717, 1.165) is 0 Å². The Labute approximate surface area is 136 Å². The van der Waals surface area contributed by atoms with Crippen LogP contribution in [-0.4, -0.2) is 41.3 Å². The quantitative estimate of drug-likeness (QED) is 0.913. The Kier molecular flexibility index (Phi) is 4.15. The van der Waals surface area contributed by atoms with Crippen molar-refractivity contribution in [2.24, 2.45) is 0 Å². The molecule has 1 aromatic heterocycles. The highest BCUT2D eigenvalue weighted by molar-refractivity contribution is 5.90. The van der Waals surface area contributed by atoms with Crippen LogP contribution in [0.4, 0.5) is 14.9 Å². The largest absolute Gasteiger partial charge is 0.442 e. The first-order chi connectivity index (χ1) is 11.4. The predicted molar refractivity (Wildman–Crippen MR) is 80.7 cm³/mol. The first-order valence-electron chi connectivity index (χ1n) is 7.27. The third-order valence-electron chi connectivity index (χ3n) is 3.49. The van der Waals surface area contributed by atoms with E-state index in [1.807, 2.05) is 0 Å². The molecule has 24 heavy (non-hydrogen) atoms. The Morgan fingerprint density at radius 3 is 2.92 bits per heavy atom. The van der Waals surface area contributed by atoms with Gasteiger partial charge in [0.15, 0.2) is 0 Å². The Morgan fingerprint density at radius 2 is 2.29 bits per heavy atom. The lowest BCUT2D eigenvalue weighted by Crippen LogP contribution is -2.33. The van der Waals surface area contributed by atoms with Gasteiger partial charge in [0.25, 0.3) is 0 Å². The minimum atomic E-state index is -0.590. The molecule has 0 saturated carbocycles. The molecule has 1 N–H and O–H groups in total. The van der Waals surface area contributed by atoms with Crippen molar-refractivity contribution in [2.75, 3.05) is 18.0 Å². The summed E-state index contributed by atoms with van der Waals surface area (Å²) in [6.45, 7) is 3.42. The van der Waals surface area contributed by atoms with Gasteiger partial charge in [-0.1, -0.05) is 5.16 Å². The summed E-state index contributed by atoms with van der Waals surface area (Å²) in [6.07, 6.45) is -1.07. The third kappa shape index (κ3) is 3.19. The van der Waals surface area contributed by atoms with Gasteiger partial charge in [0.1, 0.15) is 11.9 Å². The molecule has 1 saturated heterocycles. The van der Waals surface area contributed by atoms with E-state index in [-0.39, 0.29) is 30.4 Å². The molecule has 2 aromatic rings. The van der Waals surface area contributed by atoms with Crippen molar-refractivity contribution >= 4 is 17.7 Å². The number of hydrogen-bond donors (Lipinski definition) is 1. The van der Waals surface area contributed by atoms with Crippen molar-refractivity contribution in [1.82, 2.24) is 15.5 Å². The number of nitrogens with one attached hydrogen (secondary N) is 1. The number of rotatable bonds is 4. The second-order valence-corrected chi connectivity index (χ2v) is 5.35. The second kappa shape index (κ2) is 6.26. The zero-order valence-electron chi connectivity index (χ0n) is 13.1. The molecule has 0 radical (unpaired) electrons. The number of ether oxygens (including phenoxy) is 1. The summed E-state index contributed by atoms with van der Waals surface area (Å²) < 4.78 is 24.3. The predicted octanol–water partition coefficient (Wildman–Crippen LogP) is 1.65. The number of halogens is 1. The van der Waals surface area contributed by atoms with Gasteiger partial charge in [0.05, 0.1) is 24.3 Å². The van der Waals surface area contributed by atoms with Gasteiger partial charge in [-0.05, 0) is 18.2 Å². The molecule has 2 amide bonds. The fourth-order valence-corrected chi connectivity index (χ4v) is 2.36. The van der Waals surface area contributed by atoms with Gasteiger partial charge >= 0.3 is 6.09 Å². The number of carbonyl (C=O) groups excluding carboxylic acids is 2. The summed E-state index contributed by atoms with van der Waals surface area (Å²) in [7, 11) is 0. The smallest absolute Gasteiger partial charge is 0.414 e. The molecule has 0 aliphatic carbocycles. The van der Waals surface area contributed by atoms with Crippen LogP contribution in [0.15, 0.2) is 22.7 Å². The normalized spacial score (nSPS) is 17.0. The van der Waals surface area contributed by atoms with E-state index in [0.29, 0.717) is 11.6 Å². The van der Waals surface area contributed by atoms with E-state index in [9.17, 15) is 14.0 Å². The number of amides is 2. The molecule has 126 valence electrons. The average molecular weight is 334 g/mol. The summed E-state index contributed by atoms with van der Waals surface area (Å²) >= 11 is 0. The molecule has 1 aliphatic heterocycles. The average Bonchev–Trinajstić information content (AvgIpc) is 3.11. The standard InChI is InChI=1S/C15H15FN4O4/c1-8(21)17-6-11-7-20(15(22)23-11)10-3-4-12(13(16)5-10)14-18-9(2)24-19-14/h3-5,11H,6-7H2,1-2H3,(H,17,21). The number of hydrogen-bond acceptors (Lipinski definition) is 6. The molecule has 0 spiro atoms. The second-order valence-electron chi connectivity index (χ2n) is 5.35. The first kappa shape index (κ1) is 15.9. The minimum absolute atomic E-state index is 0.143. The Balaban J connectivity index is 1.77. The highest BCUT2D eigenvalue weighted by Gasteiger charge is 2.32. The van der Waals surface area contributed by atoms with Gasteiger partial charge in [0.2, 0.25) is 17.6 Å². The summed E-state index contributed by atoms with van der Waals surface area (Å²) in [5.74, 6) is -0.316. The number of aryl methyl sites for hydroxylation is 1. The fraction of sp³-hybridized carbons (Fsp3) is 0.333. The molecule has 1 aliphatic rings. The van der Waals surface area contributed by atoms with Crippen molar-refractivity contribution in [2.45, 2.75) is 20.0 Å². The molecule has 1 atom stereocenters.